The van der Waals surface area contributed by atoms with Gasteiger partial charge in [-0.3, -0.25) is 4.79 Å². The Kier molecular flexibility index (Phi) is 4.11. The highest BCUT2D eigenvalue weighted by Gasteiger charge is 1.82. The van der Waals surface area contributed by atoms with Crippen LogP contribution in [0.3, 0.4) is 0 Å². The largest absolute Gasteiger partial charge is 0.308 e. The number of aromatic amines is 1. The van der Waals surface area contributed by atoms with Crippen LogP contribution in [0, 0.1) is 6.92 Å². The summed E-state index contributed by atoms with van der Waals surface area (Å²) in [6.45, 7) is 5.68. The van der Waals surface area contributed by atoms with Crippen molar-refractivity contribution in [3.05, 3.63) is 22.4 Å². The molecule has 0 unspecified atom stereocenters. The number of rotatable bonds is 0. The van der Waals surface area contributed by atoms with E-state index < -0.39 is 0 Å². The topological polar surface area (TPSA) is 58.6 Å². The monoisotopic (exact) mass is 141 g/mol. The van der Waals surface area contributed by atoms with Gasteiger partial charge in [-0.2, -0.15) is 5.10 Å². The Morgan fingerprint density at radius 1 is 1.50 bits per heavy atom. The Morgan fingerprint density at radius 2 is 2.10 bits per heavy atom. The summed E-state index contributed by atoms with van der Waals surface area (Å²) >= 11 is 0. The van der Waals surface area contributed by atoms with Crippen molar-refractivity contribution in [3.8, 4) is 0 Å². The van der Waals surface area contributed by atoms with Crippen molar-refractivity contribution in [2.24, 2.45) is 0 Å². The van der Waals surface area contributed by atoms with Crippen molar-refractivity contribution in [3.63, 3.8) is 0 Å². The molecule has 0 aliphatic rings. The van der Waals surface area contributed by atoms with Gasteiger partial charge in [-0.1, -0.05) is 13.8 Å². The average Bonchev–Trinajstić information content (AvgIpc) is 1.91. The van der Waals surface area contributed by atoms with Crippen LogP contribution in [-0.4, -0.2) is 15.2 Å². The standard InChI is InChI=1S/C4H5N3O.C2H6/c1-3-6-4(8)2-5-7-3;1-2/h2H,1H3,(H,6,7,8);1-2H3. The summed E-state index contributed by atoms with van der Waals surface area (Å²) in [4.78, 5) is 12.8. The van der Waals surface area contributed by atoms with Gasteiger partial charge in [-0.15, -0.1) is 5.10 Å². The number of hydrogen-bond donors (Lipinski definition) is 1. The molecule has 0 fully saturated rings. The number of hydrogen-bond acceptors (Lipinski definition) is 3. The predicted molar refractivity (Wildman–Crippen MR) is 38.7 cm³/mol. The van der Waals surface area contributed by atoms with Gasteiger partial charge in [-0.05, 0) is 6.92 Å². The molecule has 4 heteroatoms. The van der Waals surface area contributed by atoms with Gasteiger partial charge in [0, 0.05) is 0 Å². The van der Waals surface area contributed by atoms with Crippen LogP contribution in [0.15, 0.2) is 11.0 Å². The van der Waals surface area contributed by atoms with Crippen LogP contribution in [0.2, 0.25) is 0 Å². The lowest BCUT2D eigenvalue weighted by Crippen LogP contribution is -2.08. The first-order valence-corrected chi connectivity index (χ1v) is 3.17. The van der Waals surface area contributed by atoms with E-state index >= 15 is 0 Å². The molecule has 0 aliphatic carbocycles. The van der Waals surface area contributed by atoms with E-state index in [1.165, 1.54) is 0 Å². The van der Waals surface area contributed by atoms with E-state index in [0.29, 0.717) is 5.82 Å². The Hall–Kier alpha value is -1.19. The Bertz CT molecular complexity index is 230. The fraction of sp³-hybridized carbons (Fsp3) is 0.500. The van der Waals surface area contributed by atoms with Crippen LogP contribution < -0.4 is 5.56 Å². The van der Waals surface area contributed by atoms with Gasteiger partial charge in [-0.25, -0.2) is 0 Å². The summed E-state index contributed by atoms with van der Waals surface area (Å²) in [6, 6.07) is 0. The number of aromatic nitrogens is 3. The van der Waals surface area contributed by atoms with Crippen LogP contribution >= 0.6 is 0 Å². The molecule has 0 radical (unpaired) electrons. The summed E-state index contributed by atoms with van der Waals surface area (Å²) in [5, 5.41) is 6.92. The van der Waals surface area contributed by atoms with Gasteiger partial charge in [0.15, 0.2) is 0 Å². The fourth-order valence-corrected chi connectivity index (χ4v) is 0.403. The molecule has 10 heavy (non-hydrogen) atoms. The molecule has 56 valence electrons. The van der Waals surface area contributed by atoms with E-state index in [1.54, 1.807) is 6.92 Å². The lowest BCUT2D eigenvalue weighted by atomic mass is 10.7. The highest BCUT2D eigenvalue weighted by Crippen LogP contribution is 1.68. The lowest BCUT2D eigenvalue weighted by molar-refractivity contribution is 0.884. The minimum Gasteiger partial charge on any atom is -0.308 e. The average molecular weight is 141 g/mol. The first-order valence-electron chi connectivity index (χ1n) is 3.17. The van der Waals surface area contributed by atoms with E-state index in [-0.39, 0.29) is 5.56 Å². The molecule has 1 aromatic heterocycles. The van der Waals surface area contributed by atoms with Gasteiger partial charge in [0.1, 0.15) is 12.0 Å². The Labute approximate surface area is 59.3 Å². The number of aryl methyl sites for hydroxylation is 1. The molecule has 1 N–H and O–H groups in total. The zero-order chi connectivity index (χ0) is 7.98. The summed E-state index contributed by atoms with van der Waals surface area (Å²) in [7, 11) is 0. The molecule has 4 nitrogen and oxygen atoms in total. The summed E-state index contributed by atoms with van der Waals surface area (Å²) in [5.74, 6) is 0.539. The van der Waals surface area contributed by atoms with Crippen LogP contribution in [0.4, 0.5) is 0 Å². The molecular weight excluding hydrogens is 130 g/mol. The van der Waals surface area contributed by atoms with Crippen LogP contribution in [-0.2, 0) is 0 Å². The third kappa shape index (κ3) is 2.96. The van der Waals surface area contributed by atoms with Gasteiger partial charge in [0.05, 0.1) is 0 Å². The van der Waals surface area contributed by atoms with Crippen molar-refractivity contribution in [1.29, 1.82) is 0 Å². The molecule has 0 saturated carbocycles. The maximum absolute atomic E-state index is 10.3. The highest BCUT2D eigenvalue weighted by molar-refractivity contribution is 4.76. The van der Waals surface area contributed by atoms with Crippen molar-refractivity contribution < 1.29 is 0 Å². The van der Waals surface area contributed by atoms with Crippen molar-refractivity contribution >= 4 is 0 Å². The van der Waals surface area contributed by atoms with E-state index in [1.807, 2.05) is 13.8 Å². The SMILES string of the molecule is CC.Cc1nncc(=O)[nH]1. The Balaban J connectivity index is 0.000000371. The number of nitrogens with zero attached hydrogens (tertiary/aromatic N) is 2. The normalized spacial score (nSPS) is 7.90. The third-order valence-corrected chi connectivity index (χ3v) is 0.687. The molecule has 0 amide bonds. The minimum atomic E-state index is -0.211. The summed E-state index contributed by atoms with van der Waals surface area (Å²) in [6.07, 6.45) is 1.13. The van der Waals surface area contributed by atoms with Crippen LogP contribution in [0.5, 0.6) is 0 Å². The minimum absolute atomic E-state index is 0.211. The van der Waals surface area contributed by atoms with E-state index in [0.717, 1.165) is 6.20 Å². The molecule has 1 aromatic rings. The molecule has 0 aromatic carbocycles. The van der Waals surface area contributed by atoms with Gasteiger partial charge in [0.25, 0.3) is 5.56 Å². The first kappa shape index (κ1) is 8.81. The van der Waals surface area contributed by atoms with E-state index in [4.69, 9.17) is 0 Å². The second-order valence-electron chi connectivity index (χ2n) is 1.42. The Morgan fingerprint density at radius 3 is 2.40 bits per heavy atom. The maximum atomic E-state index is 10.3. The smallest absolute Gasteiger partial charge is 0.269 e. The molecular formula is C6H11N3O. The second-order valence-corrected chi connectivity index (χ2v) is 1.42. The quantitative estimate of drug-likeness (QED) is 0.572. The van der Waals surface area contributed by atoms with Crippen molar-refractivity contribution in [2.75, 3.05) is 0 Å². The molecule has 0 spiro atoms. The van der Waals surface area contributed by atoms with Crippen LogP contribution in [0.25, 0.3) is 0 Å². The van der Waals surface area contributed by atoms with Crippen molar-refractivity contribution in [2.45, 2.75) is 20.8 Å². The lowest BCUT2D eigenvalue weighted by Gasteiger charge is -1.82. The molecule has 0 aliphatic heterocycles. The molecule has 0 saturated heterocycles. The highest BCUT2D eigenvalue weighted by atomic mass is 16.1. The van der Waals surface area contributed by atoms with Crippen molar-refractivity contribution in [1.82, 2.24) is 15.2 Å². The van der Waals surface area contributed by atoms with Crippen LogP contribution in [0.1, 0.15) is 19.7 Å². The number of H-pyrrole nitrogens is 1. The van der Waals surface area contributed by atoms with Gasteiger partial charge < -0.3 is 4.98 Å². The molecule has 0 atom stereocenters. The zero-order valence-corrected chi connectivity index (χ0v) is 6.38. The number of nitrogens with one attached hydrogen (secondary N) is 1. The summed E-state index contributed by atoms with van der Waals surface area (Å²) in [5.41, 5.74) is -0.211. The maximum Gasteiger partial charge on any atom is 0.269 e. The molecule has 1 heterocycles. The van der Waals surface area contributed by atoms with E-state index in [2.05, 4.69) is 15.2 Å². The fourth-order valence-electron chi connectivity index (χ4n) is 0.403. The zero-order valence-electron chi connectivity index (χ0n) is 6.38. The van der Waals surface area contributed by atoms with Gasteiger partial charge >= 0.3 is 0 Å². The molecule has 1 rings (SSSR count). The second kappa shape index (κ2) is 4.67. The van der Waals surface area contributed by atoms with E-state index in [9.17, 15) is 4.79 Å². The third-order valence-electron chi connectivity index (χ3n) is 0.687. The summed E-state index contributed by atoms with van der Waals surface area (Å²) < 4.78 is 0. The van der Waals surface area contributed by atoms with Gasteiger partial charge in [0.2, 0.25) is 0 Å². The molecule has 0 bridgehead atoms. The predicted octanol–water partition coefficient (Wildman–Crippen LogP) is 0.500. The first-order chi connectivity index (χ1) is 4.79.